The van der Waals surface area contributed by atoms with Gasteiger partial charge in [-0.15, -0.1) is 0 Å². The molecule has 106 valence electrons. The van der Waals surface area contributed by atoms with Crippen LogP contribution in [0.25, 0.3) is 0 Å². The molecule has 0 heterocycles. The SMILES string of the molecule is CCCOCCCNC(=O)NC(COC)C(=O)O. The molecule has 0 spiro atoms. The number of nitrogens with one attached hydrogen (secondary N) is 2. The average Bonchev–Trinajstić information content (AvgIpc) is 2.33. The summed E-state index contributed by atoms with van der Waals surface area (Å²) in [5, 5.41) is 13.6. The van der Waals surface area contributed by atoms with Gasteiger partial charge >= 0.3 is 12.0 Å². The summed E-state index contributed by atoms with van der Waals surface area (Å²) in [7, 11) is 1.38. The van der Waals surface area contributed by atoms with Gasteiger partial charge in [0.15, 0.2) is 6.04 Å². The second-order valence-electron chi connectivity index (χ2n) is 3.71. The number of ether oxygens (including phenoxy) is 2. The third-order valence-electron chi connectivity index (χ3n) is 2.04. The minimum Gasteiger partial charge on any atom is -0.480 e. The molecule has 0 radical (unpaired) electrons. The average molecular weight is 262 g/mol. The number of amides is 2. The van der Waals surface area contributed by atoms with Crippen molar-refractivity contribution < 1.29 is 24.2 Å². The molecule has 1 unspecified atom stereocenters. The molecule has 0 aliphatic heterocycles. The predicted octanol–water partition coefficient (Wildman–Crippen LogP) is 0.202. The molecule has 1 atom stereocenters. The monoisotopic (exact) mass is 262 g/mol. The van der Waals surface area contributed by atoms with Crippen molar-refractivity contribution in [1.82, 2.24) is 10.6 Å². The maximum Gasteiger partial charge on any atom is 0.328 e. The fourth-order valence-electron chi connectivity index (χ4n) is 1.17. The van der Waals surface area contributed by atoms with Crippen molar-refractivity contribution in [3.8, 4) is 0 Å². The second kappa shape index (κ2) is 10.8. The fraction of sp³-hybridized carbons (Fsp3) is 0.818. The van der Waals surface area contributed by atoms with E-state index < -0.39 is 18.0 Å². The highest BCUT2D eigenvalue weighted by Crippen LogP contribution is 1.87. The first kappa shape index (κ1) is 16.7. The van der Waals surface area contributed by atoms with Crippen LogP contribution in [0.4, 0.5) is 4.79 Å². The van der Waals surface area contributed by atoms with Crippen molar-refractivity contribution >= 4 is 12.0 Å². The summed E-state index contributed by atoms with van der Waals surface area (Å²) >= 11 is 0. The molecule has 18 heavy (non-hydrogen) atoms. The number of hydrogen-bond donors (Lipinski definition) is 3. The van der Waals surface area contributed by atoms with E-state index in [0.29, 0.717) is 26.2 Å². The van der Waals surface area contributed by atoms with Crippen LogP contribution in [0.2, 0.25) is 0 Å². The summed E-state index contributed by atoms with van der Waals surface area (Å²) in [6.07, 6.45) is 1.65. The van der Waals surface area contributed by atoms with Crippen LogP contribution in [-0.4, -0.2) is 56.6 Å². The number of rotatable bonds is 10. The van der Waals surface area contributed by atoms with Crippen molar-refractivity contribution in [3.63, 3.8) is 0 Å². The van der Waals surface area contributed by atoms with Crippen molar-refractivity contribution in [3.05, 3.63) is 0 Å². The van der Waals surface area contributed by atoms with Gasteiger partial charge in [0.2, 0.25) is 0 Å². The van der Waals surface area contributed by atoms with Gasteiger partial charge in [-0.1, -0.05) is 6.92 Å². The Morgan fingerprint density at radius 1 is 1.33 bits per heavy atom. The van der Waals surface area contributed by atoms with Crippen LogP contribution >= 0.6 is 0 Å². The van der Waals surface area contributed by atoms with Gasteiger partial charge in [-0.05, 0) is 12.8 Å². The van der Waals surface area contributed by atoms with Gasteiger partial charge in [0.05, 0.1) is 6.61 Å². The van der Waals surface area contributed by atoms with Crippen molar-refractivity contribution in [2.24, 2.45) is 0 Å². The standard InChI is InChI=1S/C11H22N2O5/c1-3-6-18-7-4-5-12-11(16)13-9(8-17-2)10(14)15/h9H,3-8H2,1-2H3,(H,14,15)(H2,12,13,16). The molecule has 2 amide bonds. The van der Waals surface area contributed by atoms with E-state index in [1.54, 1.807) is 0 Å². The van der Waals surface area contributed by atoms with Crippen LogP contribution < -0.4 is 10.6 Å². The van der Waals surface area contributed by atoms with Gasteiger partial charge in [0, 0.05) is 26.9 Å². The van der Waals surface area contributed by atoms with Crippen LogP contribution in [0, 0.1) is 0 Å². The molecule has 0 saturated carbocycles. The lowest BCUT2D eigenvalue weighted by Gasteiger charge is -2.14. The van der Waals surface area contributed by atoms with Crippen LogP contribution in [0.3, 0.4) is 0 Å². The summed E-state index contributed by atoms with van der Waals surface area (Å²) in [6.45, 7) is 3.68. The van der Waals surface area contributed by atoms with Crippen LogP contribution in [0.1, 0.15) is 19.8 Å². The van der Waals surface area contributed by atoms with Gasteiger partial charge in [-0.25, -0.2) is 9.59 Å². The van der Waals surface area contributed by atoms with Gasteiger partial charge in [-0.3, -0.25) is 0 Å². The Morgan fingerprint density at radius 3 is 2.61 bits per heavy atom. The minimum atomic E-state index is -1.13. The Morgan fingerprint density at radius 2 is 2.06 bits per heavy atom. The molecule has 0 aromatic heterocycles. The molecule has 7 heteroatoms. The number of carboxylic acid groups (broad SMARTS) is 1. The number of aliphatic carboxylic acids is 1. The molecule has 0 rings (SSSR count). The normalized spacial score (nSPS) is 11.9. The van der Waals surface area contributed by atoms with Gasteiger partial charge in [-0.2, -0.15) is 0 Å². The van der Waals surface area contributed by atoms with Crippen LogP contribution in [0.5, 0.6) is 0 Å². The zero-order chi connectivity index (χ0) is 13.8. The Hall–Kier alpha value is -1.34. The fourth-order valence-corrected chi connectivity index (χ4v) is 1.17. The van der Waals surface area contributed by atoms with Crippen LogP contribution in [-0.2, 0) is 14.3 Å². The third-order valence-corrected chi connectivity index (χ3v) is 2.04. The minimum absolute atomic E-state index is 0.0671. The lowest BCUT2D eigenvalue weighted by atomic mass is 10.3. The highest BCUT2D eigenvalue weighted by Gasteiger charge is 2.18. The molecule has 0 fully saturated rings. The maximum atomic E-state index is 11.3. The smallest absolute Gasteiger partial charge is 0.328 e. The topological polar surface area (TPSA) is 96.9 Å². The van der Waals surface area contributed by atoms with Crippen LogP contribution in [0.15, 0.2) is 0 Å². The molecule has 0 aliphatic carbocycles. The van der Waals surface area contributed by atoms with E-state index in [9.17, 15) is 9.59 Å². The first-order valence-corrected chi connectivity index (χ1v) is 5.95. The first-order chi connectivity index (χ1) is 8.61. The molecule has 7 nitrogen and oxygen atoms in total. The van der Waals surface area contributed by atoms with Gasteiger partial charge in [0.1, 0.15) is 0 Å². The molecule has 0 aromatic carbocycles. The number of carbonyl (C=O) groups excluding carboxylic acids is 1. The number of urea groups is 1. The molecular formula is C11H22N2O5. The molecule has 0 aromatic rings. The maximum absolute atomic E-state index is 11.3. The number of methoxy groups -OCH3 is 1. The van der Waals surface area contributed by atoms with E-state index in [4.69, 9.17) is 14.6 Å². The van der Waals surface area contributed by atoms with Crippen molar-refractivity contribution in [1.29, 1.82) is 0 Å². The van der Waals surface area contributed by atoms with E-state index >= 15 is 0 Å². The zero-order valence-corrected chi connectivity index (χ0v) is 10.9. The van der Waals surface area contributed by atoms with E-state index in [0.717, 1.165) is 6.42 Å². The molecule has 0 aliphatic rings. The van der Waals surface area contributed by atoms with Crippen molar-refractivity contribution in [2.45, 2.75) is 25.8 Å². The third kappa shape index (κ3) is 8.77. The quantitative estimate of drug-likeness (QED) is 0.489. The summed E-state index contributed by atoms with van der Waals surface area (Å²) in [6, 6.07) is -1.55. The van der Waals surface area contributed by atoms with E-state index in [2.05, 4.69) is 10.6 Å². The Bertz CT molecular complexity index is 248. The van der Waals surface area contributed by atoms with Gasteiger partial charge < -0.3 is 25.2 Å². The Balaban J connectivity index is 3.65. The zero-order valence-electron chi connectivity index (χ0n) is 10.9. The number of hydrogen-bond acceptors (Lipinski definition) is 4. The molecule has 0 bridgehead atoms. The summed E-state index contributed by atoms with van der Waals surface area (Å²) in [4.78, 5) is 22.1. The first-order valence-electron chi connectivity index (χ1n) is 5.95. The highest BCUT2D eigenvalue weighted by atomic mass is 16.5. The number of carboxylic acids is 1. The number of carbonyl (C=O) groups is 2. The highest BCUT2D eigenvalue weighted by molar-refractivity contribution is 5.82. The lowest BCUT2D eigenvalue weighted by molar-refractivity contribution is -0.140. The summed E-state index contributed by atoms with van der Waals surface area (Å²) < 4.78 is 9.93. The molecular weight excluding hydrogens is 240 g/mol. The molecule has 3 N–H and O–H groups in total. The molecule has 0 saturated heterocycles. The second-order valence-corrected chi connectivity index (χ2v) is 3.71. The van der Waals surface area contributed by atoms with Crippen molar-refractivity contribution in [2.75, 3.05) is 33.5 Å². The summed E-state index contributed by atoms with van der Waals surface area (Å²) in [5.41, 5.74) is 0. The van der Waals surface area contributed by atoms with E-state index in [1.165, 1.54) is 7.11 Å². The lowest BCUT2D eigenvalue weighted by Crippen LogP contribution is -2.48. The van der Waals surface area contributed by atoms with Gasteiger partial charge in [0.25, 0.3) is 0 Å². The largest absolute Gasteiger partial charge is 0.480 e. The summed E-state index contributed by atoms with van der Waals surface area (Å²) in [5.74, 6) is -1.13. The van der Waals surface area contributed by atoms with E-state index in [1.807, 2.05) is 6.92 Å². The predicted molar refractivity (Wildman–Crippen MR) is 65.6 cm³/mol. The Kier molecular flexibility index (Phi) is 9.99. The van der Waals surface area contributed by atoms with E-state index in [-0.39, 0.29) is 6.61 Å². The Labute approximate surface area is 107 Å².